The van der Waals surface area contributed by atoms with Crippen molar-refractivity contribution >= 4 is 58.1 Å². The summed E-state index contributed by atoms with van der Waals surface area (Å²) in [5.74, 6) is -0.800. The Morgan fingerprint density at radius 1 is 1.15 bits per heavy atom. The summed E-state index contributed by atoms with van der Waals surface area (Å²) in [6.45, 7) is 4.86. The molecule has 1 atom stereocenters. The van der Waals surface area contributed by atoms with E-state index in [9.17, 15) is 9.59 Å². The second-order valence-electron chi connectivity index (χ2n) is 7.45. The third kappa shape index (κ3) is 5.88. The molecule has 0 radical (unpaired) electrons. The second-order valence-corrected chi connectivity index (χ2v) is 8.69. The van der Waals surface area contributed by atoms with Gasteiger partial charge in [0.15, 0.2) is 5.11 Å². The lowest BCUT2D eigenvalue weighted by molar-refractivity contribution is -0.140. The number of benzene rings is 2. The topological polar surface area (TPSA) is 79.9 Å². The van der Waals surface area contributed by atoms with Gasteiger partial charge in [-0.2, -0.15) is 0 Å². The average Bonchev–Trinajstić information content (AvgIpc) is 2.79. The molecule has 0 aromatic heterocycles. The van der Waals surface area contributed by atoms with Gasteiger partial charge in [-0.15, -0.1) is 0 Å². The van der Waals surface area contributed by atoms with E-state index in [0.717, 1.165) is 11.3 Å². The van der Waals surface area contributed by atoms with Gasteiger partial charge in [-0.3, -0.25) is 4.79 Å². The number of halogens is 2. The molecule has 1 aliphatic heterocycles. The van der Waals surface area contributed by atoms with Gasteiger partial charge in [0.2, 0.25) is 0 Å². The Morgan fingerprint density at radius 3 is 2.47 bits per heavy atom. The number of anilines is 1. The minimum absolute atomic E-state index is 0.146. The summed E-state index contributed by atoms with van der Waals surface area (Å²) in [5, 5.41) is 7.28. The van der Waals surface area contributed by atoms with Crippen LogP contribution in [0.15, 0.2) is 53.7 Å². The van der Waals surface area contributed by atoms with Crippen LogP contribution in [0, 0.1) is 0 Å². The normalized spacial score (nSPS) is 15.7. The Kier molecular flexibility index (Phi) is 8.90. The van der Waals surface area contributed by atoms with Crippen molar-refractivity contribution in [1.29, 1.82) is 0 Å². The molecule has 0 saturated heterocycles. The third-order valence-corrected chi connectivity index (χ3v) is 6.22. The van der Waals surface area contributed by atoms with Gasteiger partial charge in [0, 0.05) is 30.1 Å². The highest BCUT2D eigenvalue weighted by molar-refractivity contribution is 7.80. The van der Waals surface area contributed by atoms with Gasteiger partial charge in [0.25, 0.3) is 5.91 Å². The van der Waals surface area contributed by atoms with E-state index < -0.39 is 12.0 Å². The molecule has 2 aromatic carbocycles. The summed E-state index contributed by atoms with van der Waals surface area (Å²) in [6, 6.07) is 11.3. The van der Waals surface area contributed by atoms with Crippen molar-refractivity contribution in [3.8, 4) is 0 Å². The Labute approximate surface area is 214 Å². The van der Waals surface area contributed by atoms with Crippen LogP contribution in [0.1, 0.15) is 35.8 Å². The number of hydrogen-bond donors (Lipinski definition) is 2. The maximum absolute atomic E-state index is 12.9. The molecular weight excluding hydrogens is 497 g/mol. The lowest BCUT2D eigenvalue weighted by atomic mass is 9.95. The highest BCUT2D eigenvalue weighted by atomic mass is 35.5. The molecule has 1 amide bonds. The van der Waals surface area contributed by atoms with Gasteiger partial charge in [0.1, 0.15) is 6.61 Å². The van der Waals surface area contributed by atoms with Gasteiger partial charge in [0.05, 0.1) is 28.8 Å². The number of allylic oxidation sites excluding steroid dienone is 1. The van der Waals surface area contributed by atoms with Crippen molar-refractivity contribution in [3.05, 3.63) is 74.9 Å². The number of carbonyl (C=O) groups is 2. The van der Waals surface area contributed by atoms with Crippen LogP contribution in [0.3, 0.4) is 0 Å². The Morgan fingerprint density at radius 2 is 1.85 bits per heavy atom. The number of ether oxygens (including phenoxy) is 2. The number of amides is 1. The molecule has 3 rings (SSSR count). The summed E-state index contributed by atoms with van der Waals surface area (Å²) in [7, 11) is 1.54. The van der Waals surface area contributed by atoms with Gasteiger partial charge in [-0.25, -0.2) is 4.79 Å². The van der Waals surface area contributed by atoms with E-state index in [4.69, 9.17) is 44.9 Å². The van der Waals surface area contributed by atoms with Gasteiger partial charge >= 0.3 is 5.97 Å². The maximum Gasteiger partial charge on any atom is 0.338 e. The van der Waals surface area contributed by atoms with Crippen molar-refractivity contribution < 1.29 is 19.1 Å². The monoisotopic (exact) mass is 521 g/mol. The highest BCUT2D eigenvalue weighted by Crippen LogP contribution is 2.32. The molecule has 0 aliphatic carbocycles. The second kappa shape index (κ2) is 11.7. The highest BCUT2D eigenvalue weighted by Gasteiger charge is 2.34. The number of nitrogens with one attached hydrogen (secondary N) is 2. The predicted molar refractivity (Wildman–Crippen MR) is 137 cm³/mol. The van der Waals surface area contributed by atoms with Gasteiger partial charge in [-0.1, -0.05) is 35.3 Å². The first-order chi connectivity index (χ1) is 16.3. The van der Waals surface area contributed by atoms with Crippen LogP contribution in [0.2, 0.25) is 10.0 Å². The molecule has 2 aromatic rings. The zero-order valence-corrected chi connectivity index (χ0v) is 21.3. The fraction of sp³-hybridized carbons (Fsp3) is 0.292. The first-order valence-electron chi connectivity index (χ1n) is 10.6. The van der Waals surface area contributed by atoms with Crippen molar-refractivity contribution in [2.24, 2.45) is 0 Å². The molecule has 1 aliphatic rings. The van der Waals surface area contributed by atoms with Crippen molar-refractivity contribution in [2.45, 2.75) is 19.9 Å². The average molecular weight is 522 g/mol. The van der Waals surface area contributed by atoms with Crippen LogP contribution < -0.4 is 10.6 Å². The molecule has 0 bridgehead atoms. The number of thiocarbonyl (C=S) groups is 1. The number of carbonyl (C=O) groups excluding carboxylic acids is 2. The fourth-order valence-corrected chi connectivity index (χ4v) is 4.48. The first kappa shape index (κ1) is 26.0. The molecule has 180 valence electrons. The smallest absolute Gasteiger partial charge is 0.338 e. The van der Waals surface area contributed by atoms with Crippen LogP contribution in [0.4, 0.5) is 5.69 Å². The Bertz CT molecular complexity index is 1120. The maximum atomic E-state index is 12.9. The number of methoxy groups -OCH3 is 1. The van der Waals surface area contributed by atoms with E-state index in [0.29, 0.717) is 40.1 Å². The van der Waals surface area contributed by atoms with Crippen molar-refractivity contribution in [2.75, 3.05) is 32.2 Å². The number of rotatable bonds is 8. The van der Waals surface area contributed by atoms with Crippen LogP contribution in [0.25, 0.3) is 0 Å². The van der Waals surface area contributed by atoms with Crippen molar-refractivity contribution in [3.63, 3.8) is 0 Å². The molecule has 0 spiro atoms. The van der Waals surface area contributed by atoms with E-state index in [1.54, 1.807) is 31.4 Å². The number of nitrogens with zero attached hydrogens (tertiary/aromatic N) is 1. The molecule has 34 heavy (non-hydrogen) atoms. The summed E-state index contributed by atoms with van der Waals surface area (Å²) >= 11 is 17.6. The minimum atomic E-state index is -0.499. The van der Waals surface area contributed by atoms with E-state index in [2.05, 4.69) is 10.6 Å². The number of esters is 1. The zero-order chi connectivity index (χ0) is 24.8. The SMILES string of the molecule is CCN1C(=S)N[C@H](c2ccc(NC(=O)c3ccc(Cl)cc3Cl)cc2)C(C(=O)OCCOC)=C1C. The van der Waals surface area contributed by atoms with Crippen LogP contribution in [-0.4, -0.2) is 48.8 Å². The number of hydrogen-bond acceptors (Lipinski definition) is 5. The Balaban J connectivity index is 1.84. The molecule has 0 saturated carbocycles. The molecule has 7 nitrogen and oxygen atoms in total. The van der Waals surface area contributed by atoms with Crippen LogP contribution >= 0.6 is 35.4 Å². The third-order valence-electron chi connectivity index (χ3n) is 5.33. The molecule has 0 unspecified atom stereocenters. The van der Waals surface area contributed by atoms with E-state index in [-0.39, 0.29) is 17.5 Å². The van der Waals surface area contributed by atoms with Gasteiger partial charge < -0.3 is 25.0 Å². The van der Waals surface area contributed by atoms with E-state index in [1.165, 1.54) is 6.07 Å². The zero-order valence-electron chi connectivity index (χ0n) is 19.0. The summed E-state index contributed by atoms with van der Waals surface area (Å²) < 4.78 is 10.4. The first-order valence-corrected chi connectivity index (χ1v) is 11.7. The summed E-state index contributed by atoms with van der Waals surface area (Å²) in [5.41, 5.74) is 2.87. The van der Waals surface area contributed by atoms with Crippen LogP contribution in [0.5, 0.6) is 0 Å². The lowest BCUT2D eigenvalue weighted by Crippen LogP contribution is -2.47. The minimum Gasteiger partial charge on any atom is -0.460 e. The molecule has 1 heterocycles. The fourth-order valence-electron chi connectivity index (χ4n) is 3.60. The molecular formula is C24H25Cl2N3O4S. The van der Waals surface area contributed by atoms with E-state index >= 15 is 0 Å². The summed E-state index contributed by atoms with van der Waals surface area (Å²) in [4.78, 5) is 27.4. The predicted octanol–water partition coefficient (Wildman–Crippen LogP) is 4.96. The Hall–Kier alpha value is -2.65. The molecule has 2 N–H and O–H groups in total. The lowest BCUT2D eigenvalue weighted by Gasteiger charge is -2.37. The van der Waals surface area contributed by atoms with E-state index in [1.807, 2.05) is 30.9 Å². The van der Waals surface area contributed by atoms with Crippen LogP contribution in [-0.2, 0) is 14.3 Å². The quantitative estimate of drug-likeness (QED) is 0.288. The van der Waals surface area contributed by atoms with Crippen molar-refractivity contribution in [1.82, 2.24) is 10.2 Å². The molecule has 10 heteroatoms. The van der Waals surface area contributed by atoms with Gasteiger partial charge in [-0.05, 0) is 62.0 Å². The standard InChI is InChI=1S/C24H25Cl2N3O4S/c1-4-29-14(2)20(23(31)33-12-11-32-3)21(28-24(29)34)15-5-8-17(9-6-15)27-22(30)18-10-7-16(25)13-19(18)26/h5-10,13,21H,4,11-12H2,1-3H3,(H,27,30)(H,28,34)/t21-/m1/s1. The largest absolute Gasteiger partial charge is 0.460 e. The molecule has 0 fully saturated rings. The summed E-state index contributed by atoms with van der Waals surface area (Å²) in [6.07, 6.45) is 0.